The van der Waals surface area contributed by atoms with Gasteiger partial charge in [0.15, 0.2) is 0 Å². The van der Waals surface area contributed by atoms with E-state index in [4.69, 9.17) is 10.5 Å². The van der Waals surface area contributed by atoms with E-state index in [1.54, 1.807) is 7.11 Å². The molecule has 0 saturated carbocycles. The Labute approximate surface area is 102 Å². The summed E-state index contributed by atoms with van der Waals surface area (Å²) in [5, 5.41) is 3.05. The summed E-state index contributed by atoms with van der Waals surface area (Å²) in [6, 6.07) is 7.94. The lowest BCUT2D eigenvalue weighted by Gasteiger charge is -2.25. The minimum Gasteiger partial charge on any atom is -0.497 e. The predicted molar refractivity (Wildman–Crippen MR) is 68.1 cm³/mol. The largest absolute Gasteiger partial charge is 0.497 e. The first-order valence-electron chi connectivity index (χ1n) is 5.59. The maximum atomic E-state index is 10.6. The van der Waals surface area contributed by atoms with E-state index < -0.39 is 0 Å². The summed E-state index contributed by atoms with van der Waals surface area (Å²) < 4.78 is 5.12. The smallest absolute Gasteiger partial charge is 0.231 e. The number of nitrogens with one attached hydrogen (secondary N) is 1. The first-order chi connectivity index (χ1) is 7.95. The van der Waals surface area contributed by atoms with Gasteiger partial charge in [0.25, 0.3) is 0 Å². The lowest BCUT2D eigenvalue weighted by molar-refractivity contribution is -0.117. The lowest BCUT2D eigenvalue weighted by Crippen LogP contribution is -2.37. The number of hydrogen-bond donors (Lipinski definition) is 2. The van der Waals surface area contributed by atoms with Crippen molar-refractivity contribution >= 4 is 5.91 Å². The van der Waals surface area contributed by atoms with E-state index in [2.05, 4.69) is 19.2 Å². The fraction of sp³-hybridized carbons (Fsp3) is 0.462. The van der Waals surface area contributed by atoms with Crippen LogP contribution in [0.1, 0.15) is 19.4 Å². The van der Waals surface area contributed by atoms with Gasteiger partial charge in [-0.2, -0.15) is 0 Å². The molecule has 0 atom stereocenters. The van der Waals surface area contributed by atoms with Crippen molar-refractivity contribution in [3.8, 4) is 5.75 Å². The van der Waals surface area contributed by atoms with E-state index in [1.807, 2.05) is 24.3 Å². The van der Waals surface area contributed by atoms with Crippen LogP contribution in [-0.4, -0.2) is 26.1 Å². The van der Waals surface area contributed by atoms with Gasteiger partial charge in [-0.3, -0.25) is 4.79 Å². The van der Waals surface area contributed by atoms with Crippen molar-refractivity contribution in [1.29, 1.82) is 0 Å². The molecule has 0 fully saturated rings. The SMILES string of the molecule is COc1ccc(C(C)(C)CNCC(N)=O)cc1. The van der Waals surface area contributed by atoms with Gasteiger partial charge in [0, 0.05) is 12.0 Å². The van der Waals surface area contributed by atoms with Crippen LogP contribution >= 0.6 is 0 Å². The van der Waals surface area contributed by atoms with Crippen LogP contribution in [0, 0.1) is 0 Å². The van der Waals surface area contributed by atoms with Crippen LogP contribution in [0.2, 0.25) is 0 Å². The minimum absolute atomic E-state index is 0.0538. The Balaban J connectivity index is 2.64. The molecular weight excluding hydrogens is 216 g/mol. The van der Waals surface area contributed by atoms with E-state index >= 15 is 0 Å². The second-order valence-electron chi connectivity index (χ2n) is 4.68. The fourth-order valence-corrected chi connectivity index (χ4v) is 1.64. The van der Waals surface area contributed by atoms with E-state index in [0.29, 0.717) is 6.54 Å². The highest BCUT2D eigenvalue weighted by Crippen LogP contribution is 2.24. The summed E-state index contributed by atoms with van der Waals surface area (Å²) in [6.45, 7) is 5.13. The molecule has 0 aliphatic heterocycles. The first kappa shape index (κ1) is 13.5. The van der Waals surface area contributed by atoms with Crippen LogP contribution in [0.5, 0.6) is 5.75 Å². The normalized spacial score (nSPS) is 11.2. The Morgan fingerprint density at radius 2 is 1.94 bits per heavy atom. The second-order valence-corrected chi connectivity index (χ2v) is 4.68. The van der Waals surface area contributed by atoms with Crippen LogP contribution in [-0.2, 0) is 10.2 Å². The molecule has 17 heavy (non-hydrogen) atoms. The van der Waals surface area contributed by atoms with E-state index in [0.717, 1.165) is 5.75 Å². The van der Waals surface area contributed by atoms with Crippen molar-refractivity contribution in [3.63, 3.8) is 0 Å². The standard InChI is InChI=1S/C13H20N2O2/c1-13(2,9-15-8-12(14)16)10-4-6-11(17-3)7-5-10/h4-7,15H,8-9H2,1-3H3,(H2,14,16). The van der Waals surface area contributed by atoms with Gasteiger partial charge in [-0.1, -0.05) is 26.0 Å². The Morgan fingerprint density at radius 3 is 2.41 bits per heavy atom. The van der Waals surface area contributed by atoms with Crippen molar-refractivity contribution in [2.24, 2.45) is 5.73 Å². The number of rotatable bonds is 6. The number of hydrogen-bond acceptors (Lipinski definition) is 3. The molecule has 0 aliphatic carbocycles. The Morgan fingerprint density at radius 1 is 1.35 bits per heavy atom. The molecule has 1 amide bonds. The lowest BCUT2D eigenvalue weighted by atomic mass is 9.84. The van der Waals surface area contributed by atoms with Gasteiger partial charge in [0.1, 0.15) is 5.75 Å². The van der Waals surface area contributed by atoms with Crippen LogP contribution in [0.25, 0.3) is 0 Å². The number of benzene rings is 1. The van der Waals surface area contributed by atoms with Gasteiger partial charge < -0.3 is 15.8 Å². The van der Waals surface area contributed by atoms with E-state index in [1.165, 1.54) is 5.56 Å². The molecule has 0 radical (unpaired) electrons. The average Bonchev–Trinajstić information content (AvgIpc) is 2.28. The molecule has 3 N–H and O–H groups in total. The molecule has 1 aromatic carbocycles. The number of amides is 1. The monoisotopic (exact) mass is 236 g/mol. The molecule has 0 unspecified atom stereocenters. The molecule has 4 heteroatoms. The number of carbonyl (C=O) groups excluding carboxylic acids is 1. The van der Waals surface area contributed by atoms with Crippen molar-refractivity contribution in [1.82, 2.24) is 5.32 Å². The number of nitrogens with two attached hydrogens (primary N) is 1. The summed E-state index contributed by atoms with van der Waals surface area (Å²) in [7, 11) is 1.65. The Hall–Kier alpha value is -1.55. The zero-order valence-corrected chi connectivity index (χ0v) is 10.6. The maximum Gasteiger partial charge on any atom is 0.231 e. The molecule has 94 valence electrons. The predicted octanol–water partition coefficient (Wildman–Crippen LogP) is 1.05. The van der Waals surface area contributed by atoms with Crippen molar-refractivity contribution in [2.75, 3.05) is 20.2 Å². The third kappa shape index (κ3) is 4.07. The van der Waals surface area contributed by atoms with Crippen LogP contribution in [0.3, 0.4) is 0 Å². The third-order valence-electron chi connectivity index (χ3n) is 2.74. The van der Waals surface area contributed by atoms with Crippen LogP contribution < -0.4 is 15.8 Å². The molecule has 1 aromatic rings. The first-order valence-corrected chi connectivity index (χ1v) is 5.59. The summed E-state index contributed by atoms with van der Waals surface area (Å²) >= 11 is 0. The zero-order valence-electron chi connectivity index (χ0n) is 10.6. The topological polar surface area (TPSA) is 64.3 Å². The van der Waals surface area contributed by atoms with Gasteiger partial charge in [0.2, 0.25) is 5.91 Å². The second kappa shape index (κ2) is 5.68. The van der Waals surface area contributed by atoms with E-state index in [-0.39, 0.29) is 17.9 Å². The van der Waals surface area contributed by atoms with Gasteiger partial charge in [-0.25, -0.2) is 0 Å². The summed E-state index contributed by atoms with van der Waals surface area (Å²) in [5.41, 5.74) is 6.22. The highest BCUT2D eigenvalue weighted by Gasteiger charge is 2.20. The molecular formula is C13H20N2O2. The van der Waals surface area contributed by atoms with Gasteiger partial charge in [-0.05, 0) is 17.7 Å². The molecule has 0 saturated heterocycles. The average molecular weight is 236 g/mol. The molecule has 1 rings (SSSR count). The molecule has 0 bridgehead atoms. The summed E-state index contributed by atoms with van der Waals surface area (Å²) in [6.07, 6.45) is 0. The number of ether oxygens (including phenoxy) is 1. The van der Waals surface area contributed by atoms with Gasteiger partial charge in [-0.15, -0.1) is 0 Å². The van der Waals surface area contributed by atoms with Crippen LogP contribution in [0.4, 0.5) is 0 Å². The van der Waals surface area contributed by atoms with Crippen molar-refractivity contribution in [3.05, 3.63) is 29.8 Å². The number of carbonyl (C=O) groups is 1. The van der Waals surface area contributed by atoms with Gasteiger partial charge in [0.05, 0.1) is 13.7 Å². The number of methoxy groups -OCH3 is 1. The van der Waals surface area contributed by atoms with Crippen molar-refractivity contribution < 1.29 is 9.53 Å². The number of primary amides is 1. The molecule has 0 aromatic heterocycles. The third-order valence-corrected chi connectivity index (χ3v) is 2.74. The zero-order chi connectivity index (χ0) is 12.9. The molecule has 0 spiro atoms. The Kier molecular flexibility index (Phi) is 4.52. The highest BCUT2D eigenvalue weighted by atomic mass is 16.5. The molecule has 0 aliphatic rings. The molecule has 4 nitrogen and oxygen atoms in total. The fourth-order valence-electron chi connectivity index (χ4n) is 1.64. The van der Waals surface area contributed by atoms with Crippen molar-refractivity contribution in [2.45, 2.75) is 19.3 Å². The maximum absolute atomic E-state index is 10.6. The van der Waals surface area contributed by atoms with E-state index in [9.17, 15) is 4.79 Å². The minimum atomic E-state index is -0.337. The van der Waals surface area contributed by atoms with Crippen LogP contribution in [0.15, 0.2) is 24.3 Å². The summed E-state index contributed by atoms with van der Waals surface area (Å²) in [4.78, 5) is 10.6. The highest BCUT2D eigenvalue weighted by molar-refractivity contribution is 5.75. The van der Waals surface area contributed by atoms with Gasteiger partial charge >= 0.3 is 0 Å². The summed E-state index contributed by atoms with van der Waals surface area (Å²) in [5.74, 6) is 0.505. The molecule has 0 heterocycles. The Bertz CT molecular complexity index is 372. The quantitative estimate of drug-likeness (QED) is 0.776.